The molecule has 0 aliphatic carbocycles. The van der Waals surface area contributed by atoms with E-state index in [-0.39, 0.29) is 30.3 Å². The molecule has 2 bridgehead atoms. The second-order valence-corrected chi connectivity index (χ2v) is 10.9. The number of amides is 3. The number of halogens is 1. The maximum absolute atomic E-state index is 14.0. The number of carbonyl (C=O) groups excluding carboxylic acids is 3. The quantitative estimate of drug-likeness (QED) is 0.566. The van der Waals surface area contributed by atoms with Crippen molar-refractivity contribution in [2.45, 2.75) is 64.3 Å². The number of benzene rings is 1. The molecule has 186 valence electrons. The largest absolute Gasteiger partial charge is 0.394 e. The zero-order chi connectivity index (χ0) is 25.2. The van der Waals surface area contributed by atoms with Crippen molar-refractivity contribution in [2.24, 2.45) is 23.7 Å². The number of nitrogens with one attached hydrogen (secondary N) is 2. The molecule has 3 fully saturated rings. The molecule has 3 aliphatic rings. The van der Waals surface area contributed by atoms with E-state index < -0.39 is 41.0 Å². The second-order valence-electron chi connectivity index (χ2n) is 10.5. The molecule has 9 heteroatoms. The van der Waals surface area contributed by atoms with Gasteiger partial charge in [-0.25, -0.2) is 0 Å². The summed E-state index contributed by atoms with van der Waals surface area (Å²) in [5.41, 5.74) is -0.795. The fourth-order valence-corrected chi connectivity index (χ4v) is 6.76. The summed E-state index contributed by atoms with van der Waals surface area (Å²) in [5, 5.41) is 16.3. The topological polar surface area (TPSA) is 108 Å². The monoisotopic (exact) mass is 491 g/mol. The van der Waals surface area contributed by atoms with Crippen molar-refractivity contribution in [3.05, 3.63) is 28.8 Å². The Kier molecular flexibility index (Phi) is 6.24. The Hall–Kier alpha value is -2.16. The minimum absolute atomic E-state index is 0.0530. The van der Waals surface area contributed by atoms with Crippen molar-refractivity contribution in [2.75, 3.05) is 19.0 Å². The third-order valence-electron chi connectivity index (χ3n) is 8.31. The highest BCUT2D eigenvalue weighted by molar-refractivity contribution is 6.34. The van der Waals surface area contributed by atoms with E-state index in [4.69, 9.17) is 16.3 Å². The summed E-state index contributed by atoms with van der Waals surface area (Å²) < 4.78 is 6.63. The summed E-state index contributed by atoms with van der Waals surface area (Å²) in [6, 6.07) is 3.71. The number of carbonyl (C=O) groups is 3. The number of hydrogen-bond acceptors (Lipinski definition) is 5. The van der Waals surface area contributed by atoms with Crippen molar-refractivity contribution in [3.63, 3.8) is 0 Å². The van der Waals surface area contributed by atoms with Crippen LogP contribution in [-0.2, 0) is 19.1 Å². The van der Waals surface area contributed by atoms with Crippen LogP contribution in [0.15, 0.2) is 18.2 Å². The molecule has 34 heavy (non-hydrogen) atoms. The van der Waals surface area contributed by atoms with Crippen LogP contribution in [0, 0.1) is 30.6 Å². The van der Waals surface area contributed by atoms with Gasteiger partial charge in [-0.1, -0.05) is 44.5 Å². The van der Waals surface area contributed by atoms with Crippen LogP contribution in [0.4, 0.5) is 5.69 Å². The van der Waals surface area contributed by atoms with Crippen molar-refractivity contribution < 1.29 is 24.2 Å². The zero-order valence-electron chi connectivity index (χ0n) is 20.5. The molecule has 3 unspecified atom stereocenters. The lowest BCUT2D eigenvalue weighted by atomic mass is 9.62. The van der Waals surface area contributed by atoms with E-state index in [1.165, 1.54) is 4.90 Å². The van der Waals surface area contributed by atoms with Gasteiger partial charge in [0.05, 0.1) is 40.8 Å². The minimum Gasteiger partial charge on any atom is -0.394 e. The van der Waals surface area contributed by atoms with Gasteiger partial charge in [-0.15, -0.1) is 0 Å². The van der Waals surface area contributed by atoms with Crippen LogP contribution in [0.5, 0.6) is 0 Å². The van der Waals surface area contributed by atoms with Crippen LogP contribution in [0.2, 0.25) is 5.02 Å². The summed E-state index contributed by atoms with van der Waals surface area (Å²) in [7, 11) is 1.54. The van der Waals surface area contributed by atoms with E-state index in [0.29, 0.717) is 17.1 Å². The Morgan fingerprint density at radius 3 is 2.56 bits per heavy atom. The number of hydrogen-bond donors (Lipinski definition) is 3. The first-order valence-electron chi connectivity index (χ1n) is 11.8. The molecule has 3 amide bonds. The number of anilines is 1. The minimum atomic E-state index is -1.18. The predicted octanol–water partition coefficient (Wildman–Crippen LogP) is 2.36. The van der Waals surface area contributed by atoms with Gasteiger partial charge in [0.2, 0.25) is 17.7 Å². The molecule has 0 saturated carbocycles. The first kappa shape index (κ1) is 24.9. The molecule has 0 aromatic heterocycles. The van der Waals surface area contributed by atoms with Crippen LogP contribution in [0.1, 0.15) is 39.7 Å². The average Bonchev–Trinajstić information content (AvgIpc) is 3.28. The molecule has 3 N–H and O–H groups in total. The van der Waals surface area contributed by atoms with Gasteiger partial charge in [0, 0.05) is 7.05 Å². The van der Waals surface area contributed by atoms with E-state index in [1.54, 1.807) is 19.2 Å². The highest BCUT2D eigenvalue weighted by Crippen LogP contribution is 2.65. The molecule has 7 atom stereocenters. The van der Waals surface area contributed by atoms with Crippen LogP contribution >= 0.6 is 11.6 Å². The number of nitrogens with zero attached hydrogens (tertiary/aromatic N) is 1. The number of ether oxygens (including phenoxy) is 1. The van der Waals surface area contributed by atoms with E-state index in [2.05, 4.69) is 10.6 Å². The number of aliphatic hydroxyl groups excluding tert-OH is 1. The predicted molar refractivity (Wildman–Crippen MR) is 128 cm³/mol. The molecule has 0 radical (unpaired) electrons. The molecule has 1 aromatic carbocycles. The lowest BCUT2D eigenvalue weighted by Crippen LogP contribution is -2.57. The highest BCUT2D eigenvalue weighted by Gasteiger charge is 2.80. The van der Waals surface area contributed by atoms with E-state index in [0.717, 1.165) is 5.56 Å². The van der Waals surface area contributed by atoms with Crippen LogP contribution in [0.25, 0.3) is 0 Å². The Morgan fingerprint density at radius 2 is 2.00 bits per heavy atom. The van der Waals surface area contributed by atoms with Gasteiger partial charge in [-0.05, 0) is 43.7 Å². The van der Waals surface area contributed by atoms with E-state index in [1.807, 2.05) is 40.7 Å². The third kappa shape index (κ3) is 3.29. The Balaban J connectivity index is 1.85. The molecule has 3 heterocycles. The lowest BCUT2D eigenvalue weighted by molar-refractivity contribution is -0.150. The number of aliphatic hydroxyl groups is 1. The average molecular weight is 492 g/mol. The van der Waals surface area contributed by atoms with Gasteiger partial charge in [-0.3, -0.25) is 14.4 Å². The highest BCUT2D eigenvalue weighted by atomic mass is 35.5. The molecule has 3 saturated heterocycles. The number of para-hydroxylation sites is 1. The fourth-order valence-electron chi connectivity index (χ4n) is 6.49. The van der Waals surface area contributed by atoms with Gasteiger partial charge in [0.25, 0.3) is 0 Å². The van der Waals surface area contributed by atoms with Crippen LogP contribution in [-0.4, -0.2) is 64.7 Å². The summed E-state index contributed by atoms with van der Waals surface area (Å²) in [6.45, 7) is 9.18. The van der Waals surface area contributed by atoms with Crippen molar-refractivity contribution in [1.82, 2.24) is 10.2 Å². The number of aryl methyl sites for hydroxylation is 1. The van der Waals surface area contributed by atoms with Crippen molar-refractivity contribution >= 4 is 35.0 Å². The molecule has 1 aromatic rings. The summed E-state index contributed by atoms with van der Waals surface area (Å²) in [6.07, 6.45) is 0.458. The number of likely N-dealkylation sites (tertiary alicyclic amines) is 1. The van der Waals surface area contributed by atoms with Crippen molar-refractivity contribution in [3.8, 4) is 0 Å². The van der Waals surface area contributed by atoms with Gasteiger partial charge >= 0.3 is 0 Å². The van der Waals surface area contributed by atoms with Gasteiger partial charge in [0.1, 0.15) is 11.6 Å². The normalized spacial score (nSPS) is 35.0. The first-order chi connectivity index (χ1) is 15.9. The summed E-state index contributed by atoms with van der Waals surface area (Å²) in [5.74, 6) is -2.75. The van der Waals surface area contributed by atoms with Crippen LogP contribution in [0.3, 0.4) is 0 Å². The van der Waals surface area contributed by atoms with Crippen molar-refractivity contribution in [1.29, 1.82) is 0 Å². The summed E-state index contributed by atoms with van der Waals surface area (Å²) >= 11 is 6.38. The maximum Gasteiger partial charge on any atom is 0.250 e. The second kappa shape index (κ2) is 8.50. The van der Waals surface area contributed by atoms with E-state index in [9.17, 15) is 19.5 Å². The van der Waals surface area contributed by atoms with Gasteiger partial charge < -0.3 is 25.4 Å². The fraction of sp³-hybridized carbons (Fsp3) is 0.640. The Bertz CT molecular complexity index is 1010. The van der Waals surface area contributed by atoms with Crippen LogP contribution < -0.4 is 10.6 Å². The van der Waals surface area contributed by atoms with E-state index >= 15 is 0 Å². The Labute approximate surface area is 205 Å². The molecular formula is C25H34ClN3O5. The first-order valence-corrected chi connectivity index (χ1v) is 12.2. The van der Waals surface area contributed by atoms with Gasteiger partial charge in [0.15, 0.2) is 0 Å². The number of rotatable bonds is 6. The molecule has 8 nitrogen and oxygen atoms in total. The molecule has 3 aliphatic heterocycles. The molecular weight excluding hydrogens is 458 g/mol. The molecule has 1 spiro atoms. The lowest BCUT2D eigenvalue weighted by Gasteiger charge is -2.38. The maximum atomic E-state index is 14.0. The third-order valence-corrected chi connectivity index (χ3v) is 8.63. The zero-order valence-corrected chi connectivity index (χ0v) is 21.3. The number of fused-ring (bicyclic) bond motifs is 1. The smallest absolute Gasteiger partial charge is 0.250 e. The SMILES string of the molecule is CNC(=O)[C@@H]1[C@H]2C(=O)N([C@@H](CO)C(C)C)C(C(=O)Nc3c(C)cccc3Cl)C23CC(C)[C@@]1(C)O3. The van der Waals surface area contributed by atoms with Gasteiger partial charge in [-0.2, -0.15) is 0 Å². The standard InChI is InChI=1S/C25H34ClN3O5/c1-12(2)16(11-30)29-20(22(32)28-19-13(3)8-7-9-15(19)26)25-10-14(4)24(5,34-25)17(21(31)27-6)18(25)23(29)33/h7-9,12,14,16-18,20,30H,10-11H2,1-6H3,(H,27,31)(H,28,32)/t14?,16-,17-,18-,20?,24+,25?/m0/s1. The Morgan fingerprint density at radius 1 is 1.32 bits per heavy atom. The molecule has 4 rings (SSSR count). The summed E-state index contributed by atoms with van der Waals surface area (Å²) in [4.78, 5) is 42.5.